The highest BCUT2D eigenvalue weighted by Gasteiger charge is 2.38. The number of rotatable bonds is 2. The molecule has 104 valence electrons. The highest BCUT2D eigenvalue weighted by Crippen LogP contribution is 2.29. The maximum absolute atomic E-state index is 12.5. The minimum atomic E-state index is -0.148. The van der Waals surface area contributed by atoms with Crippen LogP contribution in [0.1, 0.15) is 38.3 Å². The molecule has 0 fully saturated rings. The zero-order valence-electron chi connectivity index (χ0n) is 11.8. The lowest BCUT2D eigenvalue weighted by Crippen LogP contribution is -2.34. The molecule has 1 N–H and O–H groups in total. The van der Waals surface area contributed by atoms with Crippen LogP contribution in [0.5, 0.6) is 0 Å². The van der Waals surface area contributed by atoms with E-state index in [1.54, 1.807) is 0 Å². The molecule has 0 bridgehead atoms. The molecule has 0 unspecified atom stereocenters. The molecule has 0 aromatic heterocycles. The second kappa shape index (κ2) is 4.87. The van der Waals surface area contributed by atoms with Gasteiger partial charge < -0.3 is 5.32 Å². The molecule has 0 atom stereocenters. The van der Waals surface area contributed by atoms with E-state index < -0.39 is 0 Å². The Morgan fingerprint density at radius 1 is 1.10 bits per heavy atom. The lowest BCUT2D eigenvalue weighted by molar-refractivity contribution is 0.0666. The molecule has 0 spiro atoms. The molecule has 20 heavy (non-hydrogen) atoms. The fourth-order valence-corrected chi connectivity index (χ4v) is 2.88. The van der Waals surface area contributed by atoms with Gasteiger partial charge in [0.15, 0.2) is 0 Å². The summed E-state index contributed by atoms with van der Waals surface area (Å²) in [6, 6.07) is 3.82. The van der Waals surface area contributed by atoms with Gasteiger partial charge in [0.05, 0.1) is 17.7 Å². The molecule has 0 radical (unpaired) electrons. The van der Waals surface area contributed by atoms with E-state index in [0.717, 1.165) is 36.2 Å². The first-order chi connectivity index (χ1) is 9.59. The van der Waals surface area contributed by atoms with E-state index in [0.29, 0.717) is 17.7 Å². The number of fused-ring (bicyclic) bond motifs is 1. The number of amides is 2. The van der Waals surface area contributed by atoms with Crippen molar-refractivity contribution in [1.29, 1.82) is 0 Å². The average Bonchev–Trinajstić information content (AvgIpc) is 2.70. The summed E-state index contributed by atoms with van der Waals surface area (Å²) in [6.45, 7) is 5.92. The Bertz CT molecular complexity index is 591. The van der Waals surface area contributed by atoms with Crippen LogP contribution in [0.25, 0.3) is 0 Å². The summed E-state index contributed by atoms with van der Waals surface area (Å²) in [6.07, 6.45) is 2.97. The van der Waals surface area contributed by atoms with Gasteiger partial charge in [0, 0.05) is 6.54 Å². The Morgan fingerprint density at radius 2 is 1.70 bits per heavy atom. The van der Waals surface area contributed by atoms with E-state index in [4.69, 9.17) is 0 Å². The van der Waals surface area contributed by atoms with Gasteiger partial charge in [0.1, 0.15) is 0 Å². The number of imide groups is 1. The van der Waals surface area contributed by atoms with Crippen LogP contribution in [0.3, 0.4) is 0 Å². The highest BCUT2D eigenvalue weighted by atomic mass is 16.2. The molecule has 2 heterocycles. The van der Waals surface area contributed by atoms with Crippen molar-refractivity contribution >= 4 is 11.8 Å². The number of benzene rings is 1. The number of hydrogen-bond acceptors (Lipinski definition) is 3. The number of aryl methyl sites for hydroxylation is 2. The van der Waals surface area contributed by atoms with Gasteiger partial charge >= 0.3 is 0 Å². The molecule has 2 aliphatic rings. The third-order valence-corrected chi connectivity index (χ3v) is 4.06. The quantitative estimate of drug-likeness (QED) is 0.659. The van der Waals surface area contributed by atoms with Gasteiger partial charge in [-0.2, -0.15) is 0 Å². The molecule has 2 aliphatic heterocycles. The zero-order valence-corrected chi connectivity index (χ0v) is 11.8. The molecule has 2 amide bonds. The van der Waals surface area contributed by atoms with Crippen molar-refractivity contribution in [3.05, 3.63) is 46.0 Å². The fourth-order valence-electron chi connectivity index (χ4n) is 2.88. The summed E-state index contributed by atoms with van der Waals surface area (Å²) in [4.78, 5) is 26.4. The third kappa shape index (κ3) is 1.96. The van der Waals surface area contributed by atoms with Gasteiger partial charge in [-0.15, -0.1) is 0 Å². The van der Waals surface area contributed by atoms with Gasteiger partial charge in [-0.1, -0.05) is 23.8 Å². The Hall–Kier alpha value is -1.94. The van der Waals surface area contributed by atoms with Crippen LogP contribution in [0.15, 0.2) is 23.8 Å². The Balaban J connectivity index is 1.95. The minimum absolute atomic E-state index is 0.148. The number of nitrogens with zero attached hydrogens (tertiary/aromatic N) is 1. The summed E-state index contributed by atoms with van der Waals surface area (Å²) in [5.41, 5.74) is 4.10. The van der Waals surface area contributed by atoms with Crippen LogP contribution in [-0.2, 0) is 0 Å². The van der Waals surface area contributed by atoms with Crippen LogP contribution >= 0.6 is 0 Å². The molecule has 3 rings (SSSR count). The number of nitrogens with one attached hydrogen (secondary N) is 1. The average molecular weight is 270 g/mol. The van der Waals surface area contributed by atoms with Crippen molar-refractivity contribution in [2.75, 3.05) is 19.6 Å². The van der Waals surface area contributed by atoms with Crippen molar-refractivity contribution in [1.82, 2.24) is 10.2 Å². The molecular weight excluding hydrogens is 252 g/mol. The maximum Gasteiger partial charge on any atom is 0.262 e. The van der Waals surface area contributed by atoms with Crippen molar-refractivity contribution in [2.45, 2.75) is 20.3 Å². The minimum Gasteiger partial charge on any atom is -0.313 e. The topological polar surface area (TPSA) is 49.4 Å². The summed E-state index contributed by atoms with van der Waals surface area (Å²) in [5.74, 6) is -0.295. The predicted octanol–water partition coefficient (Wildman–Crippen LogP) is 1.82. The summed E-state index contributed by atoms with van der Waals surface area (Å²) >= 11 is 0. The second-order valence-corrected chi connectivity index (χ2v) is 5.46. The second-order valence-electron chi connectivity index (χ2n) is 5.46. The van der Waals surface area contributed by atoms with E-state index in [2.05, 4.69) is 11.4 Å². The van der Waals surface area contributed by atoms with Gasteiger partial charge in [-0.05, 0) is 37.9 Å². The Morgan fingerprint density at radius 3 is 2.20 bits per heavy atom. The summed E-state index contributed by atoms with van der Waals surface area (Å²) in [7, 11) is 0. The molecule has 0 aliphatic carbocycles. The van der Waals surface area contributed by atoms with E-state index in [9.17, 15) is 9.59 Å². The van der Waals surface area contributed by atoms with Crippen LogP contribution in [0.2, 0.25) is 0 Å². The van der Waals surface area contributed by atoms with Gasteiger partial charge in [-0.25, -0.2) is 0 Å². The van der Waals surface area contributed by atoms with E-state index in [1.165, 1.54) is 4.90 Å². The highest BCUT2D eigenvalue weighted by molar-refractivity contribution is 6.22. The third-order valence-electron chi connectivity index (χ3n) is 4.06. The normalized spacial score (nSPS) is 18.3. The van der Waals surface area contributed by atoms with E-state index >= 15 is 0 Å². The zero-order chi connectivity index (χ0) is 14.3. The number of carbonyl (C=O) groups is 2. The van der Waals surface area contributed by atoms with Crippen molar-refractivity contribution in [3.8, 4) is 0 Å². The van der Waals surface area contributed by atoms with Crippen LogP contribution < -0.4 is 5.32 Å². The molecular formula is C16H18N2O2. The summed E-state index contributed by atoms with van der Waals surface area (Å²) in [5, 5.41) is 3.23. The van der Waals surface area contributed by atoms with Gasteiger partial charge in [0.2, 0.25) is 0 Å². The SMILES string of the molecule is Cc1ccc(C)c2c1C(=O)N(CC1=CCNCC1)C2=O. The summed E-state index contributed by atoms with van der Waals surface area (Å²) < 4.78 is 0. The first-order valence-electron chi connectivity index (χ1n) is 6.94. The van der Waals surface area contributed by atoms with Gasteiger partial charge in [-0.3, -0.25) is 14.5 Å². The Labute approximate surface area is 118 Å². The largest absolute Gasteiger partial charge is 0.313 e. The molecule has 1 aromatic rings. The first kappa shape index (κ1) is 13.1. The van der Waals surface area contributed by atoms with Crippen molar-refractivity contribution < 1.29 is 9.59 Å². The molecule has 1 aromatic carbocycles. The monoisotopic (exact) mass is 270 g/mol. The molecule has 0 saturated carbocycles. The smallest absolute Gasteiger partial charge is 0.262 e. The predicted molar refractivity (Wildman–Crippen MR) is 76.9 cm³/mol. The van der Waals surface area contributed by atoms with Crippen LogP contribution in [0.4, 0.5) is 0 Å². The lowest BCUT2D eigenvalue weighted by atomic mass is 9.99. The fraction of sp³-hybridized carbons (Fsp3) is 0.375. The molecule has 0 saturated heterocycles. The van der Waals surface area contributed by atoms with E-state index in [-0.39, 0.29) is 11.8 Å². The molecule has 4 heteroatoms. The van der Waals surface area contributed by atoms with Crippen molar-refractivity contribution in [3.63, 3.8) is 0 Å². The lowest BCUT2D eigenvalue weighted by Gasteiger charge is -2.19. The van der Waals surface area contributed by atoms with E-state index in [1.807, 2.05) is 26.0 Å². The van der Waals surface area contributed by atoms with Crippen LogP contribution in [0, 0.1) is 13.8 Å². The van der Waals surface area contributed by atoms with Gasteiger partial charge in [0.25, 0.3) is 11.8 Å². The van der Waals surface area contributed by atoms with Crippen LogP contribution in [-0.4, -0.2) is 36.3 Å². The number of carbonyl (C=O) groups excluding carboxylic acids is 2. The Kier molecular flexibility index (Phi) is 3.18. The number of hydrogen-bond donors (Lipinski definition) is 1. The first-order valence-corrected chi connectivity index (χ1v) is 6.94. The standard InChI is InChI=1S/C16H18N2O2/c1-10-3-4-11(2)14-13(10)15(19)18(16(14)20)9-12-5-7-17-8-6-12/h3-5,17H,6-9H2,1-2H3. The van der Waals surface area contributed by atoms with Crippen molar-refractivity contribution in [2.24, 2.45) is 0 Å². The molecule has 4 nitrogen and oxygen atoms in total. The maximum atomic E-state index is 12.5.